The van der Waals surface area contributed by atoms with Gasteiger partial charge >= 0.3 is 0 Å². The third kappa shape index (κ3) is 4.19. The highest BCUT2D eigenvalue weighted by molar-refractivity contribution is 7.98. The maximum Gasteiger partial charge on any atom is 0.274 e. The molecule has 1 heterocycles. The summed E-state index contributed by atoms with van der Waals surface area (Å²) in [7, 11) is 0. The number of aryl methyl sites for hydroxylation is 1. The minimum Gasteiger partial charge on any atom is -0.494 e. The van der Waals surface area contributed by atoms with Gasteiger partial charge < -0.3 is 10.1 Å². The molecule has 1 aromatic heterocycles. The quantitative estimate of drug-likeness (QED) is 0.679. The molecule has 5 nitrogen and oxygen atoms in total. The van der Waals surface area contributed by atoms with Gasteiger partial charge in [-0.15, -0.1) is 0 Å². The summed E-state index contributed by atoms with van der Waals surface area (Å²) in [5.74, 6) is 0.526. The first kappa shape index (κ1) is 15.3. The number of ether oxygens (including phenoxy) is 1. The number of hydrogen-bond donors (Lipinski definition) is 1. The molecule has 0 atom stereocenters. The van der Waals surface area contributed by atoms with Crippen molar-refractivity contribution in [2.75, 3.05) is 18.2 Å². The summed E-state index contributed by atoms with van der Waals surface area (Å²) < 4.78 is 5.36. The first-order valence-electron chi connectivity index (χ1n) is 6.56. The van der Waals surface area contributed by atoms with E-state index >= 15 is 0 Å². The first-order chi connectivity index (χ1) is 10.1. The number of rotatable bonds is 5. The normalized spacial score (nSPS) is 10.2. The van der Waals surface area contributed by atoms with Gasteiger partial charge in [0.25, 0.3) is 5.91 Å². The van der Waals surface area contributed by atoms with E-state index in [0.717, 1.165) is 11.4 Å². The van der Waals surface area contributed by atoms with Gasteiger partial charge in [0.1, 0.15) is 11.4 Å². The molecule has 2 aromatic rings. The second-order valence-corrected chi connectivity index (χ2v) is 5.07. The molecule has 0 bridgehead atoms. The van der Waals surface area contributed by atoms with Gasteiger partial charge in [-0.3, -0.25) is 4.79 Å². The Morgan fingerprint density at radius 2 is 2.00 bits per heavy atom. The van der Waals surface area contributed by atoms with Gasteiger partial charge in [-0.25, -0.2) is 9.97 Å². The summed E-state index contributed by atoms with van der Waals surface area (Å²) in [6, 6.07) is 8.90. The summed E-state index contributed by atoms with van der Waals surface area (Å²) in [4.78, 5) is 20.6. The standard InChI is InChI=1S/C15H17N3O2S/c1-4-20-12-7-5-11(6-8-12)17-14(19)13-9-10(2)16-15(18-13)21-3/h5-9H,4H2,1-3H3,(H,17,19). The van der Waals surface area contributed by atoms with Gasteiger partial charge in [-0.1, -0.05) is 11.8 Å². The number of thioether (sulfide) groups is 1. The first-order valence-corrected chi connectivity index (χ1v) is 7.78. The number of hydrogen-bond acceptors (Lipinski definition) is 5. The molecule has 0 saturated carbocycles. The van der Waals surface area contributed by atoms with Gasteiger partial charge in [0.15, 0.2) is 5.16 Å². The van der Waals surface area contributed by atoms with Gasteiger partial charge in [-0.2, -0.15) is 0 Å². The maximum atomic E-state index is 12.2. The Balaban J connectivity index is 2.12. The number of carbonyl (C=O) groups is 1. The number of nitrogens with zero attached hydrogens (tertiary/aromatic N) is 2. The highest BCUT2D eigenvalue weighted by atomic mass is 32.2. The SMILES string of the molecule is CCOc1ccc(NC(=O)c2cc(C)nc(SC)n2)cc1. The zero-order valence-electron chi connectivity index (χ0n) is 12.2. The van der Waals surface area contributed by atoms with Crippen LogP contribution in [0, 0.1) is 6.92 Å². The van der Waals surface area contributed by atoms with E-state index in [1.54, 1.807) is 18.2 Å². The van der Waals surface area contributed by atoms with Crippen molar-refractivity contribution in [1.82, 2.24) is 9.97 Å². The van der Waals surface area contributed by atoms with Crippen LogP contribution < -0.4 is 10.1 Å². The van der Waals surface area contributed by atoms with Crippen molar-refractivity contribution in [3.63, 3.8) is 0 Å². The molecule has 6 heteroatoms. The average molecular weight is 303 g/mol. The lowest BCUT2D eigenvalue weighted by Crippen LogP contribution is -2.14. The van der Waals surface area contributed by atoms with Crippen molar-refractivity contribution in [1.29, 1.82) is 0 Å². The van der Waals surface area contributed by atoms with Crippen molar-refractivity contribution in [2.24, 2.45) is 0 Å². The zero-order chi connectivity index (χ0) is 15.2. The van der Waals surface area contributed by atoms with Crippen LogP contribution in [0.2, 0.25) is 0 Å². The summed E-state index contributed by atoms with van der Waals surface area (Å²) >= 11 is 1.41. The molecule has 0 saturated heterocycles. The number of anilines is 1. The van der Waals surface area contributed by atoms with Crippen LogP contribution in [0.4, 0.5) is 5.69 Å². The van der Waals surface area contributed by atoms with Crippen molar-refractivity contribution in [3.8, 4) is 5.75 Å². The fourth-order valence-electron chi connectivity index (χ4n) is 1.75. The number of carbonyl (C=O) groups excluding carboxylic acids is 1. The van der Waals surface area contributed by atoms with E-state index in [2.05, 4.69) is 15.3 Å². The molecule has 0 aliphatic rings. The largest absolute Gasteiger partial charge is 0.494 e. The monoisotopic (exact) mass is 303 g/mol. The molecule has 0 aliphatic heterocycles. The van der Waals surface area contributed by atoms with Gasteiger partial charge in [0, 0.05) is 11.4 Å². The van der Waals surface area contributed by atoms with Crippen LogP contribution in [0.15, 0.2) is 35.5 Å². The predicted molar refractivity (Wildman–Crippen MR) is 84.1 cm³/mol. The van der Waals surface area contributed by atoms with Crippen LogP contribution in [0.25, 0.3) is 0 Å². The third-order valence-electron chi connectivity index (χ3n) is 2.67. The molecule has 2 rings (SSSR count). The summed E-state index contributed by atoms with van der Waals surface area (Å²) in [6.07, 6.45) is 1.88. The average Bonchev–Trinajstić information content (AvgIpc) is 2.48. The molecule has 1 amide bonds. The second kappa shape index (κ2) is 7.08. The fourth-order valence-corrected chi connectivity index (χ4v) is 2.17. The lowest BCUT2D eigenvalue weighted by atomic mass is 10.2. The Labute approximate surface area is 128 Å². The Morgan fingerprint density at radius 3 is 2.62 bits per heavy atom. The molecule has 0 spiro atoms. The molecule has 1 N–H and O–H groups in total. The van der Waals surface area contributed by atoms with E-state index in [-0.39, 0.29) is 5.91 Å². The summed E-state index contributed by atoms with van der Waals surface area (Å²) in [5.41, 5.74) is 1.83. The lowest BCUT2D eigenvalue weighted by Gasteiger charge is -2.08. The number of benzene rings is 1. The van der Waals surface area contributed by atoms with E-state index in [1.807, 2.05) is 32.2 Å². The molecule has 110 valence electrons. The Kier molecular flexibility index (Phi) is 5.16. The van der Waals surface area contributed by atoms with E-state index in [9.17, 15) is 4.79 Å². The van der Waals surface area contributed by atoms with Crippen LogP contribution in [-0.4, -0.2) is 28.7 Å². The van der Waals surface area contributed by atoms with E-state index in [1.165, 1.54) is 11.8 Å². The Bertz CT molecular complexity index is 629. The van der Waals surface area contributed by atoms with Crippen molar-refractivity contribution in [3.05, 3.63) is 41.7 Å². The second-order valence-electron chi connectivity index (χ2n) is 4.29. The topological polar surface area (TPSA) is 64.1 Å². The van der Waals surface area contributed by atoms with E-state index in [4.69, 9.17) is 4.74 Å². The molecule has 0 fully saturated rings. The predicted octanol–water partition coefficient (Wildman–Crippen LogP) is 3.16. The highest BCUT2D eigenvalue weighted by Gasteiger charge is 2.10. The highest BCUT2D eigenvalue weighted by Crippen LogP contribution is 2.17. The van der Waals surface area contributed by atoms with E-state index in [0.29, 0.717) is 23.1 Å². The van der Waals surface area contributed by atoms with E-state index < -0.39 is 0 Å². The third-order valence-corrected chi connectivity index (χ3v) is 3.22. The molecule has 21 heavy (non-hydrogen) atoms. The fraction of sp³-hybridized carbons (Fsp3) is 0.267. The number of amides is 1. The molecule has 0 unspecified atom stereocenters. The van der Waals surface area contributed by atoms with Crippen LogP contribution in [-0.2, 0) is 0 Å². The van der Waals surface area contributed by atoms with Gasteiger partial charge in [-0.05, 0) is 50.4 Å². The minimum absolute atomic E-state index is 0.250. The molecular formula is C15H17N3O2S. The number of nitrogens with one attached hydrogen (secondary N) is 1. The van der Waals surface area contributed by atoms with Crippen molar-refractivity contribution < 1.29 is 9.53 Å². The van der Waals surface area contributed by atoms with Crippen molar-refractivity contribution >= 4 is 23.4 Å². The lowest BCUT2D eigenvalue weighted by molar-refractivity contribution is 0.102. The van der Waals surface area contributed by atoms with Gasteiger partial charge in [0.2, 0.25) is 0 Å². The molecule has 0 aliphatic carbocycles. The molecule has 0 radical (unpaired) electrons. The Morgan fingerprint density at radius 1 is 1.29 bits per heavy atom. The maximum absolute atomic E-state index is 12.2. The minimum atomic E-state index is -0.250. The van der Waals surface area contributed by atoms with Gasteiger partial charge in [0.05, 0.1) is 6.61 Å². The molecule has 1 aromatic carbocycles. The summed E-state index contributed by atoms with van der Waals surface area (Å²) in [5, 5.41) is 3.40. The molecular weight excluding hydrogens is 286 g/mol. The van der Waals surface area contributed by atoms with Crippen LogP contribution in [0.3, 0.4) is 0 Å². The van der Waals surface area contributed by atoms with Crippen LogP contribution >= 0.6 is 11.8 Å². The van der Waals surface area contributed by atoms with Crippen molar-refractivity contribution in [2.45, 2.75) is 19.0 Å². The Hall–Kier alpha value is -2.08. The zero-order valence-corrected chi connectivity index (χ0v) is 13.0. The summed E-state index contributed by atoms with van der Waals surface area (Å²) in [6.45, 7) is 4.38. The van der Waals surface area contributed by atoms with Crippen LogP contribution in [0.1, 0.15) is 23.1 Å². The number of aromatic nitrogens is 2. The van der Waals surface area contributed by atoms with Crippen LogP contribution in [0.5, 0.6) is 5.75 Å². The smallest absolute Gasteiger partial charge is 0.274 e.